The largest absolute Gasteiger partial charge is 0.472 e. The molecule has 0 saturated carbocycles. The van der Waals surface area contributed by atoms with Crippen molar-refractivity contribution in [2.45, 2.75) is 341 Å². The molecule has 0 radical (unpaired) electrons. The molecule has 0 bridgehead atoms. The average molecular weight is 1160 g/mol. The van der Waals surface area contributed by atoms with Gasteiger partial charge in [-0.1, -0.05) is 331 Å². The number of phosphoric ester groups is 1. The Balaban J connectivity index is 4.05. The molecule has 0 aliphatic heterocycles. The summed E-state index contributed by atoms with van der Waals surface area (Å²) in [4.78, 5) is 23.5. The third kappa shape index (κ3) is 65.3. The number of amides is 1. The van der Waals surface area contributed by atoms with E-state index in [4.69, 9.17) is 9.05 Å². The Morgan fingerprint density at radius 3 is 1.09 bits per heavy atom. The molecule has 9 heteroatoms. The predicted octanol–water partition coefficient (Wildman–Crippen LogP) is 22.2. The van der Waals surface area contributed by atoms with Crippen molar-refractivity contribution in [1.82, 2.24) is 5.32 Å². The van der Waals surface area contributed by atoms with Crippen LogP contribution < -0.4 is 5.32 Å². The van der Waals surface area contributed by atoms with Crippen molar-refractivity contribution >= 4 is 13.7 Å². The molecule has 3 N–H and O–H groups in total. The molecule has 0 aromatic heterocycles. The van der Waals surface area contributed by atoms with Crippen LogP contribution in [0.4, 0.5) is 0 Å². The smallest absolute Gasteiger partial charge is 0.391 e. The van der Waals surface area contributed by atoms with E-state index in [9.17, 15) is 19.4 Å². The number of unbranched alkanes of at least 4 members (excludes halogenated alkanes) is 39. The molecular weight excluding hydrogens is 1020 g/mol. The maximum Gasteiger partial charge on any atom is 0.472 e. The zero-order chi connectivity index (χ0) is 59.1. The van der Waals surface area contributed by atoms with E-state index in [0.29, 0.717) is 23.9 Å². The first-order chi connectivity index (χ1) is 39.5. The van der Waals surface area contributed by atoms with Crippen LogP contribution in [0.15, 0.2) is 72.9 Å². The second kappa shape index (κ2) is 62.5. The van der Waals surface area contributed by atoms with Gasteiger partial charge in [-0.2, -0.15) is 0 Å². The molecule has 0 fully saturated rings. The summed E-state index contributed by atoms with van der Waals surface area (Å²) in [5.41, 5.74) is 0. The highest BCUT2D eigenvalue weighted by Crippen LogP contribution is 2.43. The van der Waals surface area contributed by atoms with Crippen molar-refractivity contribution < 1.29 is 32.9 Å². The average Bonchev–Trinajstić information content (AvgIpc) is 3.43. The Hall–Kier alpha value is -2.06. The molecule has 1 amide bonds. The molecule has 8 nitrogen and oxygen atoms in total. The van der Waals surface area contributed by atoms with Gasteiger partial charge in [-0.25, -0.2) is 4.57 Å². The van der Waals surface area contributed by atoms with Gasteiger partial charge < -0.3 is 19.8 Å². The fraction of sp³-hybridized carbons (Fsp3) is 0.819. The molecule has 81 heavy (non-hydrogen) atoms. The van der Waals surface area contributed by atoms with Crippen molar-refractivity contribution in [2.24, 2.45) is 0 Å². The van der Waals surface area contributed by atoms with Gasteiger partial charge in [0.05, 0.1) is 39.9 Å². The Morgan fingerprint density at radius 2 is 0.741 bits per heavy atom. The minimum Gasteiger partial charge on any atom is -0.391 e. The van der Waals surface area contributed by atoms with Crippen LogP contribution in [-0.2, 0) is 18.4 Å². The molecule has 0 aliphatic rings. The van der Waals surface area contributed by atoms with Crippen LogP contribution in [-0.4, -0.2) is 73.4 Å². The lowest BCUT2D eigenvalue weighted by Gasteiger charge is -2.26. The highest BCUT2D eigenvalue weighted by atomic mass is 31.2. The van der Waals surface area contributed by atoms with Crippen molar-refractivity contribution in [1.29, 1.82) is 0 Å². The minimum absolute atomic E-state index is 0.0736. The molecule has 0 spiro atoms. The monoisotopic (exact) mass is 1160 g/mol. The van der Waals surface area contributed by atoms with Crippen LogP contribution in [0.25, 0.3) is 0 Å². The minimum atomic E-state index is -4.33. The van der Waals surface area contributed by atoms with E-state index >= 15 is 0 Å². The molecule has 0 saturated heterocycles. The van der Waals surface area contributed by atoms with Crippen LogP contribution in [0.5, 0.6) is 0 Å². The fourth-order valence-electron chi connectivity index (χ4n) is 10.3. The standard InChI is InChI=1S/C72H135N2O6P/c1-6-8-10-12-14-16-18-20-22-24-26-28-30-32-34-35-36-37-38-39-40-42-44-46-48-50-52-54-56-58-60-62-64-66-72(76)73-70(69-80-81(77,78)79-68-67-74(3,4)5)71(75)65-63-61-59-57-55-53-51-49-47-45-43-41-33-31-29-27-25-23-21-19-17-15-13-11-9-7-2/h8,10,14,16,20,22,26,28,32,34,36-37,70-71,75H,6-7,9,11-13,15,17-19,21,23-25,27,29-31,33,35,38-69H2,1-5H3,(H-,73,76,77,78)/p+1/b10-8-,16-14-,22-20-,28-26-,34-32-,37-36-. The van der Waals surface area contributed by atoms with Crippen LogP contribution in [0, 0.1) is 0 Å². The van der Waals surface area contributed by atoms with E-state index < -0.39 is 20.0 Å². The number of hydrogen-bond acceptors (Lipinski definition) is 5. The number of nitrogens with one attached hydrogen (secondary N) is 1. The summed E-state index contributed by atoms with van der Waals surface area (Å²) in [7, 11) is 1.62. The summed E-state index contributed by atoms with van der Waals surface area (Å²) in [6, 6.07) is -0.766. The van der Waals surface area contributed by atoms with Crippen molar-refractivity contribution in [3.63, 3.8) is 0 Å². The molecule has 0 rings (SSSR count). The summed E-state index contributed by atoms with van der Waals surface area (Å²) in [5, 5.41) is 14.2. The topological polar surface area (TPSA) is 105 Å². The Morgan fingerprint density at radius 1 is 0.432 bits per heavy atom. The summed E-state index contributed by atoms with van der Waals surface area (Å²) in [6.45, 7) is 4.81. The van der Waals surface area contributed by atoms with Crippen LogP contribution >= 0.6 is 7.82 Å². The van der Waals surface area contributed by atoms with Gasteiger partial charge in [0.1, 0.15) is 13.2 Å². The summed E-state index contributed by atoms with van der Waals surface area (Å²) < 4.78 is 23.9. The first-order valence-corrected chi connectivity index (χ1v) is 36.3. The SMILES string of the molecule is CC/C=C\C/C=C\C/C=C\C/C=C\C/C=C\C/C=C\CCCCCCCCCCCCCCCCC(=O)NC(COP(=O)(O)OCC[N+](C)(C)C)C(O)CCCCCCCCCCCCCCCCCCCCCCCCCCCC. The lowest BCUT2D eigenvalue weighted by Crippen LogP contribution is -2.46. The van der Waals surface area contributed by atoms with Crippen LogP contribution in [0.1, 0.15) is 328 Å². The van der Waals surface area contributed by atoms with Crippen LogP contribution in [0.3, 0.4) is 0 Å². The number of aliphatic hydroxyl groups is 1. The summed E-state index contributed by atoms with van der Waals surface area (Å²) >= 11 is 0. The number of hydrogen-bond donors (Lipinski definition) is 3. The number of phosphoric acid groups is 1. The fourth-order valence-corrected chi connectivity index (χ4v) is 11.1. The van der Waals surface area contributed by atoms with Gasteiger partial charge in [0.2, 0.25) is 5.91 Å². The lowest BCUT2D eigenvalue weighted by atomic mass is 10.0. The van der Waals surface area contributed by atoms with E-state index in [1.54, 1.807) is 0 Å². The summed E-state index contributed by atoms with van der Waals surface area (Å²) in [6.07, 6.45) is 87.1. The van der Waals surface area contributed by atoms with Gasteiger partial charge in [0.15, 0.2) is 0 Å². The highest BCUT2D eigenvalue weighted by molar-refractivity contribution is 7.47. The molecule has 0 aromatic carbocycles. The maximum atomic E-state index is 13.1. The van der Waals surface area contributed by atoms with Gasteiger partial charge in [-0.05, 0) is 64.2 Å². The highest BCUT2D eigenvalue weighted by Gasteiger charge is 2.28. The van der Waals surface area contributed by atoms with Crippen molar-refractivity contribution in [2.75, 3.05) is 40.9 Å². The Kier molecular flexibility index (Phi) is 60.9. The van der Waals surface area contributed by atoms with Crippen LogP contribution in [0.2, 0.25) is 0 Å². The number of quaternary nitrogens is 1. The third-order valence-corrected chi connectivity index (χ3v) is 16.7. The molecule has 3 atom stereocenters. The molecule has 0 aromatic rings. The van der Waals surface area contributed by atoms with Gasteiger partial charge >= 0.3 is 7.82 Å². The number of likely N-dealkylation sites (N-methyl/N-ethyl adjacent to an activating group) is 1. The molecular formula is C72H136N2O6P+. The lowest BCUT2D eigenvalue weighted by molar-refractivity contribution is -0.870. The molecule has 3 unspecified atom stereocenters. The van der Waals surface area contributed by atoms with E-state index in [2.05, 4.69) is 92.1 Å². The number of aliphatic hydroxyl groups excluding tert-OH is 1. The summed E-state index contributed by atoms with van der Waals surface area (Å²) in [5.74, 6) is -0.142. The first-order valence-electron chi connectivity index (χ1n) is 34.8. The van der Waals surface area contributed by atoms with Gasteiger partial charge in [-0.3, -0.25) is 13.8 Å². The number of carbonyl (C=O) groups excluding carboxylic acids is 1. The Labute approximate surface area is 504 Å². The molecule has 474 valence electrons. The number of rotatable bonds is 64. The van der Waals surface area contributed by atoms with E-state index in [-0.39, 0.29) is 19.1 Å². The molecule has 0 aliphatic carbocycles. The number of carbonyl (C=O) groups is 1. The Bertz CT molecular complexity index is 1550. The second-order valence-electron chi connectivity index (χ2n) is 24.9. The number of nitrogens with zero attached hydrogens (tertiary/aromatic N) is 1. The van der Waals surface area contributed by atoms with Gasteiger partial charge in [0, 0.05) is 6.42 Å². The predicted molar refractivity (Wildman–Crippen MR) is 355 cm³/mol. The van der Waals surface area contributed by atoms with E-state index in [1.807, 2.05) is 21.1 Å². The normalized spacial score (nSPS) is 14.1. The van der Waals surface area contributed by atoms with Gasteiger partial charge in [-0.15, -0.1) is 0 Å². The molecule has 0 heterocycles. The maximum absolute atomic E-state index is 13.1. The third-order valence-electron chi connectivity index (χ3n) is 15.7. The quantitative estimate of drug-likeness (QED) is 0.0243. The number of allylic oxidation sites excluding steroid dienone is 12. The van der Waals surface area contributed by atoms with Crippen molar-refractivity contribution in [3.05, 3.63) is 72.9 Å². The zero-order valence-corrected chi connectivity index (χ0v) is 55.2. The first kappa shape index (κ1) is 78.9. The van der Waals surface area contributed by atoms with E-state index in [1.165, 1.54) is 225 Å². The van der Waals surface area contributed by atoms with Gasteiger partial charge in [0.25, 0.3) is 0 Å². The second-order valence-corrected chi connectivity index (χ2v) is 26.3. The zero-order valence-electron chi connectivity index (χ0n) is 54.3. The van der Waals surface area contributed by atoms with E-state index in [0.717, 1.165) is 77.0 Å². The van der Waals surface area contributed by atoms with Crippen molar-refractivity contribution in [3.8, 4) is 0 Å².